The molecule has 0 aliphatic carbocycles. The highest BCUT2D eigenvalue weighted by Crippen LogP contribution is 2.28. The third-order valence-corrected chi connectivity index (χ3v) is 6.48. The molecule has 0 heterocycles. The summed E-state index contributed by atoms with van der Waals surface area (Å²) in [5.41, 5.74) is 0. The Balaban J connectivity index is 3.50. The molecule has 0 amide bonds. The molecule has 0 aliphatic rings. The van der Waals surface area contributed by atoms with Crippen molar-refractivity contribution < 1.29 is 21.9 Å². The third-order valence-electron chi connectivity index (χ3n) is 2.81. The highest BCUT2D eigenvalue weighted by molar-refractivity contribution is 7.91. The van der Waals surface area contributed by atoms with Crippen LogP contribution in [-0.2, 0) is 19.9 Å². The van der Waals surface area contributed by atoms with Crippen molar-refractivity contribution in [3.05, 3.63) is 23.2 Å². The lowest BCUT2D eigenvalue weighted by molar-refractivity contribution is 0.236. The van der Waals surface area contributed by atoms with Crippen LogP contribution in [0.1, 0.15) is 13.8 Å². The summed E-state index contributed by atoms with van der Waals surface area (Å²) in [5.74, 6) is 0. The first-order valence-corrected chi connectivity index (χ1v) is 9.85. The van der Waals surface area contributed by atoms with Gasteiger partial charge in [-0.2, -0.15) is 4.31 Å². The second-order valence-corrected chi connectivity index (χ2v) is 9.08. The number of rotatable bonds is 6. The Bertz CT molecular complexity index is 713. The van der Waals surface area contributed by atoms with E-state index in [0.717, 1.165) is 16.6 Å². The van der Waals surface area contributed by atoms with Gasteiger partial charge < -0.3 is 5.11 Å². The molecule has 120 valence electrons. The number of halogens is 1. The van der Waals surface area contributed by atoms with Crippen molar-refractivity contribution in [1.82, 2.24) is 4.31 Å². The SMILES string of the molecule is CC(C)N(CCO)S(=O)(=O)c1cc(S(C)(=O)=O)ccc1Cl. The molecule has 0 atom stereocenters. The Morgan fingerprint density at radius 2 is 1.81 bits per heavy atom. The van der Waals surface area contributed by atoms with Crippen LogP contribution in [0, 0.1) is 0 Å². The van der Waals surface area contributed by atoms with E-state index in [9.17, 15) is 16.8 Å². The van der Waals surface area contributed by atoms with E-state index < -0.39 is 25.9 Å². The lowest BCUT2D eigenvalue weighted by Crippen LogP contribution is -2.39. The maximum absolute atomic E-state index is 12.6. The molecule has 0 aliphatic heterocycles. The molecule has 0 radical (unpaired) electrons. The van der Waals surface area contributed by atoms with Crippen molar-refractivity contribution in [3.8, 4) is 0 Å². The van der Waals surface area contributed by atoms with E-state index >= 15 is 0 Å². The van der Waals surface area contributed by atoms with Crippen molar-refractivity contribution in [3.63, 3.8) is 0 Å². The van der Waals surface area contributed by atoms with E-state index in [1.807, 2.05) is 0 Å². The number of sulfonamides is 1. The molecule has 0 spiro atoms. The van der Waals surface area contributed by atoms with Crippen LogP contribution in [0.4, 0.5) is 0 Å². The van der Waals surface area contributed by atoms with Gasteiger partial charge in [-0.05, 0) is 32.0 Å². The van der Waals surface area contributed by atoms with E-state index in [-0.39, 0.29) is 28.0 Å². The molecule has 1 aromatic rings. The zero-order chi connectivity index (χ0) is 16.4. The van der Waals surface area contributed by atoms with Crippen molar-refractivity contribution in [2.75, 3.05) is 19.4 Å². The van der Waals surface area contributed by atoms with Crippen molar-refractivity contribution in [2.45, 2.75) is 29.7 Å². The van der Waals surface area contributed by atoms with E-state index in [2.05, 4.69) is 0 Å². The third kappa shape index (κ3) is 4.17. The topological polar surface area (TPSA) is 91.8 Å². The highest BCUT2D eigenvalue weighted by Gasteiger charge is 2.29. The minimum Gasteiger partial charge on any atom is -0.395 e. The number of hydrogen-bond donors (Lipinski definition) is 1. The first kappa shape index (κ1) is 18.4. The number of benzene rings is 1. The van der Waals surface area contributed by atoms with E-state index in [1.165, 1.54) is 12.1 Å². The quantitative estimate of drug-likeness (QED) is 0.826. The molecule has 1 rings (SSSR count). The zero-order valence-electron chi connectivity index (χ0n) is 11.9. The smallest absolute Gasteiger partial charge is 0.244 e. The summed E-state index contributed by atoms with van der Waals surface area (Å²) in [7, 11) is -7.55. The summed E-state index contributed by atoms with van der Waals surface area (Å²) in [6, 6.07) is 3.13. The maximum atomic E-state index is 12.6. The Morgan fingerprint density at radius 1 is 1.24 bits per heavy atom. The predicted molar refractivity (Wildman–Crippen MR) is 80.7 cm³/mol. The first-order chi connectivity index (χ1) is 9.51. The van der Waals surface area contributed by atoms with Gasteiger partial charge in [0.2, 0.25) is 10.0 Å². The van der Waals surface area contributed by atoms with Crippen LogP contribution in [0.5, 0.6) is 0 Å². The fourth-order valence-electron chi connectivity index (χ4n) is 1.79. The monoisotopic (exact) mass is 355 g/mol. The molecule has 1 aromatic carbocycles. The van der Waals surface area contributed by atoms with Gasteiger partial charge >= 0.3 is 0 Å². The van der Waals surface area contributed by atoms with Crippen molar-refractivity contribution in [2.24, 2.45) is 0 Å². The largest absolute Gasteiger partial charge is 0.395 e. The zero-order valence-corrected chi connectivity index (χ0v) is 14.3. The molecular formula is C12H18ClNO5S2. The first-order valence-electron chi connectivity index (χ1n) is 6.14. The Hall–Kier alpha value is -0.670. The van der Waals surface area contributed by atoms with Crippen LogP contribution >= 0.6 is 11.6 Å². The lowest BCUT2D eigenvalue weighted by Gasteiger charge is -2.25. The fourth-order valence-corrected chi connectivity index (χ4v) is 4.64. The van der Waals surface area contributed by atoms with Crippen molar-refractivity contribution in [1.29, 1.82) is 0 Å². The van der Waals surface area contributed by atoms with Gasteiger partial charge in [0.1, 0.15) is 4.90 Å². The molecule has 0 fully saturated rings. The Morgan fingerprint density at radius 3 is 2.24 bits per heavy atom. The van der Waals surface area contributed by atoms with Crippen molar-refractivity contribution >= 4 is 31.5 Å². The highest BCUT2D eigenvalue weighted by atomic mass is 35.5. The molecule has 6 nitrogen and oxygen atoms in total. The summed E-state index contributed by atoms with van der Waals surface area (Å²) >= 11 is 5.92. The van der Waals surface area contributed by atoms with E-state index in [1.54, 1.807) is 13.8 Å². The molecule has 0 saturated carbocycles. The summed E-state index contributed by atoms with van der Waals surface area (Å²) < 4.78 is 49.4. The number of aliphatic hydroxyl groups is 1. The molecule has 0 saturated heterocycles. The molecule has 0 unspecified atom stereocenters. The average molecular weight is 356 g/mol. The summed E-state index contributed by atoms with van der Waals surface area (Å²) in [6.45, 7) is 2.86. The van der Waals surface area contributed by atoms with E-state index in [4.69, 9.17) is 16.7 Å². The molecule has 1 N–H and O–H groups in total. The molecule has 0 aromatic heterocycles. The van der Waals surface area contributed by atoms with Gasteiger partial charge in [-0.3, -0.25) is 0 Å². The normalized spacial score (nSPS) is 13.1. The number of nitrogens with zero attached hydrogens (tertiary/aromatic N) is 1. The summed E-state index contributed by atoms with van der Waals surface area (Å²) in [6.07, 6.45) is 0.987. The minimum atomic E-state index is -4.00. The van der Waals surface area contributed by atoms with Gasteiger partial charge in [-0.15, -0.1) is 0 Å². The average Bonchev–Trinajstić information content (AvgIpc) is 2.34. The number of aliphatic hydroxyl groups excluding tert-OH is 1. The van der Waals surface area contributed by atoms with Crippen LogP contribution in [-0.4, -0.2) is 51.7 Å². The predicted octanol–water partition coefficient (Wildman–Crippen LogP) is 1.13. The second-order valence-electron chi connectivity index (χ2n) is 4.80. The van der Waals surface area contributed by atoms with Gasteiger partial charge in [-0.1, -0.05) is 11.6 Å². The van der Waals surface area contributed by atoms with Gasteiger partial charge in [0, 0.05) is 18.8 Å². The molecule has 0 bridgehead atoms. The van der Waals surface area contributed by atoms with Crippen LogP contribution in [0.25, 0.3) is 0 Å². The fraction of sp³-hybridized carbons (Fsp3) is 0.500. The summed E-state index contributed by atoms with van der Waals surface area (Å²) in [5, 5.41) is 8.95. The molecule has 21 heavy (non-hydrogen) atoms. The van der Waals surface area contributed by atoms with Crippen LogP contribution in [0.2, 0.25) is 5.02 Å². The number of hydrogen-bond acceptors (Lipinski definition) is 5. The Kier molecular flexibility index (Phi) is 5.79. The van der Waals surface area contributed by atoms with Gasteiger partial charge in [0.25, 0.3) is 0 Å². The van der Waals surface area contributed by atoms with Gasteiger partial charge in [-0.25, -0.2) is 16.8 Å². The van der Waals surface area contributed by atoms with Crippen LogP contribution in [0.3, 0.4) is 0 Å². The van der Waals surface area contributed by atoms with E-state index in [0.29, 0.717) is 0 Å². The van der Waals surface area contributed by atoms with Gasteiger partial charge in [0.15, 0.2) is 9.84 Å². The van der Waals surface area contributed by atoms with Crippen LogP contribution in [0.15, 0.2) is 28.0 Å². The van der Waals surface area contributed by atoms with Crippen LogP contribution < -0.4 is 0 Å². The maximum Gasteiger partial charge on any atom is 0.244 e. The number of sulfone groups is 1. The minimum absolute atomic E-state index is 0.0639. The molecule has 9 heteroatoms. The van der Waals surface area contributed by atoms with Gasteiger partial charge in [0.05, 0.1) is 16.5 Å². The lowest BCUT2D eigenvalue weighted by atomic mass is 10.4. The second kappa shape index (κ2) is 6.62. The Labute approximate surface area is 130 Å². The molecular weight excluding hydrogens is 338 g/mol. The summed E-state index contributed by atoms with van der Waals surface area (Å²) in [4.78, 5) is -0.410. The standard InChI is InChI=1S/C12H18ClNO5S2/c1-9(2)14(6-7-15)21(18,19)12-8-10(20(3,16)17)4-5-11(12)13/h4-5,8-9,15H,6-7H2,1-3H3.